The normalized spacial score (nSPS) is 9.89. The van der Waals surface area contributed by atoms with Gasteiger partial charge < -0.3 is 10.6 Å². The molecule has 18 heavy (non-hydrogen) atoms. The molecule has 4 nitrogen and oxygen atoms in total. The molecule has 1 aromatic rings. The lowest BCUT2D eigenvalue weighted by atomic mass is 10.2. The van der Waals surface area contributed by atoms with Gasteiger partial charge in [0.15, 0.2) is 0 Å². The molecule has 0 atom stereocenters. The van der Waals surface area contributed by atoms with Gasteiger partial charge in [0.25, 0.3) is 5.91 Å². The van der Waals surface area contributed by atoms with E-state index in [1.165, 1.54) is 0 Å². The molecule has 0 bridgehead atoms. The van der Waals surface area contributed by atoms with E-state index < -0.39 is 0 Å². The van der Waals surface area contributed by atoms with Crippen molar-refractivity contribution in [3.8, 4) is 0 Å². The third-order valence-electron chi connectivity index (χ3n) is 2.30. The first-order valence-electron chi connectivity index (χ1n) is 5.94. The lowest BCUT2D eigenvalue weighted by Crippen LogP contribution is -2.31. The number of halogens is 1. The lowest BCUT2D eigenvalue weighted by molar-refractivity contribution is -0.120. The van der Waals surface area contributed by atoms with Gasteiger partial charge in [0, 0.05) is 30.1 Å². The molecule has 2 N–H and O–H groups in total. The van der Waals surface area contributed by atoms with E-state index in [1.807, 2.05) is 6.92 Å². The second-order valence-electron chi connectivity index (χ2n) is 3.87. The maximum absolute atomic E-state index is 11.7. The van der Waals surface area contributed by atoms with Gasteiger partial charge in [-0.2, -0.15) is 0 Å². The molecule has 0 spiro atoms. The zero-order valence-corrected chi connectivity index (χ0v) is 11.1. The van der Waals surface area contributed by atoms with Crippen molar-refractivity contribution in [3.63, 3.8) is 0 Å². The van der Waals surface area contributed by atoms with E-state index in [9.17, 15) is 9.59 Å². The highest BCUT2D eigenvalue weighted by Crippen LogP contribution is 2.10. The molecular weight excluding hydrogens is 252 g/mol. The molecule has 0 unspecified atom stereocenters. The zero-order valence-electron chi connectivity index (χ0n) is 10.3. The fourth-order valence-electron chi connectivity index (χ4n) is 1.37. The van der Waals surface area contributed by atoms with E-state index in [-0.39, 0.29) is 18.2 Å². The molecule has 0 heterocycles. The summed E-state index contributed by atoms with van der Waals surface area (Å²) in [4.78, 5) is 23.0. The molecule has 98 valence electrons. The van der Waals surface area contributed by atoms with Crippen molar-refractivity contribution in [3.05, 3.63) is 34.9 Å². The summed E-state index contributed by atoms with van der Waals surface area (Å²) in [5.41, 5.74) is 0.497. The van der Waals surface area contributed by atoms with Crippen molar-refractivity contribution in [1.82, 2.24) is 10.6 Å². The Bertz CT molecular complexity index is 421. The monoisotopic (exact) mass is 268 g/mol. The number of hydrogen-bond acceptors (Lipinski definition) is 2. The van der Waals surface area contributed by atoms with Gasteiger partial charge in [-0.1, -0.05) is 24.6 Å². The van der Waals surface area contributed by atoms with Gasteiger partial charge in [0.1, 0.15) is 0 Å². The van der Waals surface area contributed by atoms with Crippen molar-refractivity contribution in [2.24, 2.45) is 0 Å². The largest absolute Gasteiger partial charge is 0.356 e. The Morgan fingerprint density at radius 2 is 2.00 bits per heavy atom. The Balaban J connectivity index is 2.31. The summed E-state index contributed by atoms with van der Waals surface area (Å²) in [6, 6.07) is 6.69. The molecule has 0 radical (unpaired) electrons. The third kappa shape index (κ3) is 5.19. The van der Waals surface area contributed by atoms with Gasteiger partial charge in [-0.25, -0.2) is 0 Å². The van der Waals surface area contributed by atoms with Crippen LogP contribution in [0.25, 0.3) is 0 Å². The summed E-state index contributed by atoms with van der Waals surface area (Å²) < 4.78 is 0. The Hall–Kier alpha value is -1.55. The van der Waals surface area contributed by atoms with E-state index in [4.69, 9.17) is 11.6 Å². The first kappa shape index (κ1) is 14.5. The summed E-state index contributed by atoms with van der Waals surface area (Å²) in [5, 5.41) is 5.94. The van der Waals surface area contributed by atoms with Crippen LogP contribution in [0.15, 0.2) is 24.3 Å². The summed E-state index contributed by atoms with van der Waals surface area (Å²) >= 11 is 5.79. The van der Waals surface area contributed by atoms with E-state index >= 15 is 0 Å². The molecule has 0 saturated heterocycles. The topological polar surface area (TPSA) is 58.2 Å². The van der Waals surface area contributed by atoms with E-state index in [2.05, 4.69) is 10.6 Å². The van der Waals surface area contributed by atoms with Crippen molar-refractivity contribution in [1.29, 1.82) is 0 Å². The number of nitrogens with one attached hydrogen (secondary N) is 2. The first-order valence-corrected chi connectivity index (χ1v) is 6.31. The molecule has 0 aromatic heterocycles. The van der Waals surface area contributed by atoms with Crippen molar-refractivity contribution in [2.75, 3.05) is 13.1 Å². The highest BCUT2D eigenvalue weighted by molar-refractivity contribution is 6.30. The second-order valence-corrected chi connectivity index (χ2v) is 4.30. The minimum absolute atomic E-state index is 0.0526. The van der Waals surface area contributed by atoms with Gasteiger partial charge in [0.05, 0.1) is 0 Å². The van der Waals surface area contributed by atoms with E-state index in [0.717, 1.165) is 6.42 Å². The van der Waals surface area contributed by atoms with Crippen LogP contribution in [-0.2, 0) is 4.79 Å². The van der Waals surface area contributed by atoms with Gasteiger partial charge >= 0.3 is 0 Å². The van der Waals surface area contributed by atoms with Gasteiger partial charge in [0.2, 0.25) is 5.91 Å². The van der Waals surface area contributed by atoms with Crippen LogP contribution in [-0.4, -0.2) is 24.9 Å². The van der Waals surface area contributed by atoms with Crippen LogP contribution in [0.5, 0.6) is 0 Å². The van der Waals surface area contributed by atoms with Crippen LogP contribution in [0.3, 0.4) is 0 Å². The SMILES string of the molecule is CCCNC(=O)CCNC(=O)c1cccc(Cl)c1. The molecule has 0 saturated carbocycles. The maximum atomic E-state index is 11.7. The molecule has 2 amide bonds. The van der Waals surface area contributed by atoms with Crippen LogP contribution in [0.4, 0.5) is 0 Å². The molecule has 1 rings (SSSR count). The Morgan fingerprint density at radius 3 is 2.67 bits per heavy atom. The average molecular weight is 269 g/mol. The predicted octanol–water partition coefficient (Wildman–Crippen LogP) is 1.99. The quantitative estimate of drug-likeness (QED) is 0.829. The molecule has 1 aromatic carbocycles. The summed E-state index contributed by atoms with van der Waals surface area (Å²) in [6.45, 7) is 2.98. The van der Waals surface area contributed by atoms with Gasteiger partial charge in [-0.15, -0.1) is 0 Å². The second kappa shape index (κ2) is 7.71. The fraction of sp³-hybridized carbons (Fsp3) is 0.385. The Morgan fingerprint density at radius 1 is 1.22 bits per heavy atom. The number of amides is 2. The van der Waals surface area contributed by atoms with Crippen molar-refractivity contribution < 1.29 is 9.59 Å². The average Bonchev–Trinajstić information content (AvgIpc) is 2.36. The fourth-order valence-corrected chi connectivity index (χ4v) is 1.56. The lowest BCUT2D eigenvalue weighted by Gasteiger charge is -2.06. The highest BCUT2D eigenvalue weighted by Gasteiger charge is 2.06. The molecule has 5 heteroatoms. The van der Waals surface area contributed by atoms with E-state index in [1.54, 1.807) is 24.3 Å². The molecular formula is C13H17ClN2O2. The van der Waals surface area contributed by atoms with Crippen LogP contribution < -0.4 is 10.6 Å². The van der Waals surface area contributed by atoms with Crippen molar-refractivity contribution >= 4 is 23.4 Å². The number of hydrogen-bond donors (Lipinski definition) is 2. The molecule has 0 aliphatic carbocycles. The number of carbonyl (C=O) groups is 2. The Labute approximate surface area is 112 Å². The summed E-state index contributed by atoms with van der Waals surface area (Å²) in [7, 11) is 0. The van der Waals surface area contributed by atoms with Crippen LogP contribution in [0.2, 0.25) is 5.02 Å². The van der Waals surface area contributed by atoms with Gasteiger partial charge in [-0.05, 0) is 24.6 Å². The first-order chi connectivity index (χ1) is 8.63. The Kier molecular flexibility index (Phi) is 6.22. The minimum Gasteiger partial charge on any atom is -0.356 e. The number of benzene rings is 1. The molecule has 0 fully saturated rings. The van der Waals surface area contributed by atoms with Crippen LogP contribution in [0.1, 0.15) is 30.1 Å². The highest BCUT2D eigenvalue weighted by atomic mass is 35.5. The molecule has 0 aliphatic rings. The van der Waals surface area contributed by atoms with Crippen LogP contribution in [0, 0.1) is 0 Å². The van der Waals surface area contributed by atoms with E-state index in [0.29, 0.717) is 23.7 Å². The third-order valence-corrected chi connectivity index (χ3v) is 2.53. The number of rotatable bonds is 6. The predicted molar refractivity (Wildman–Crippen MR) is 71.7 cm³/mol. The van der Waals surface area contributed by atoms with Gasteiger partial charge in [-0.3, -0.25) is 9.59 Å². The minimum atomic E-state index is -0.221. The zero-order chi connectivity index (χ0) is 13.4. The van der Waals surface area contributed by atoms with Crippen molar-refractivity contribution in [2.45, 2.75) is 19.8 Å². The summed E-state index contributed by atoms with van der Waals surface area (Å²) in [6.07, 6.45) is 1.19. The molecule has 0 aliphatic heterocycles. The summed E-state index contributed by atoms with van der Waals surface area (Å²) in [5.74, 6) is -0.274. The smallest absolute Gasteiger partial charge is 0.251 e. The standard InChI is InChI=1S/C13H17ClN2O2/c1-2-7-15-12(17)6-8-16-13(18)10-4-3-5-11(14)9-10/h3-5,9H,2,6-8H2,1H3,(H,15,17)(H,16,18). The van der Waals surface area contributed by atoms with Crippen LogP contribution >= 0.6 is 11.6 Å². The maximum Gasteiger partial charge on any atom is 0.251 e. The number of carbonyl (C=O) groups excluding carboxylic acids is 2.